The summed E-state index contributed by atoms with van der Waals surface area (Å²) in [5, 5.41) is 6.96. The lowest BCUT2D eigenvalue weighted by molar-refractivity contribution is 0.0342. The van der Waals surface area contributed by atoms with Gasteiger partial charge in [-0.15, -0.1) is 24.0 Å². The van der Waals surface area contributed by atoms with Crippen LogP contribution in [0.15, 0.2) is 29.3 Å². The van der Waals surface area contributed by atoms with Gasteiger partial charge < -0.3 is 20.1 Å². The van der Waals surface area contributed by atoms with E-state index in [1.54, 1.807) is 0 Å². The zero-order valence-corrected chi connectivity index (χ0v) is 18.4. The SMILES string of the molecule is CN=C(NCc1ccc(CN2CCOCC2)cc1)NC1CC2CCC1O2.I. The van der Waals surface area contributed by atoms with Crippen molar-refractivity contribution in [1.29, 1.82) is 0 Å². The van der Waals surface area contributed by atoms with E-state index in [2.05, 4.69) is 44.8 Å². The lowest BCUT2D eigenvalue weighted by Gasteiger charge is -2.26. The summed E-state index contributed by atoms with van der Waals surface area (Å²) in [6.45, 7) is 5.53. The first-order valence-corrected chi connectivity index (χ1v) is 9.81. The Balaban J connectivity index is 0.00000210. The highest BCUT2D eigenvalue weighted by Gasteiger charge is 2.41. The Kier molecular flexibility index (Phi) is 7.75. The molecule has 1 aromatic rings. The molecule has 150 valence electrons. The summed E-state index contributed by atoms with van der Waals surface area (Å²) in [6, 6.07) is 9.27. The first-order valence-electron chi connectivity index (χ1n) is 9.81. The fourth-order valence-electron chi connectivity index (χ4n) is 4.13. The van der Waals surface area contributed by atoms with Crippen molar-refractivity contribution in [2.75, 3.05) is 33.4 Å². The molecule has 2 N–H and O–H groups in total. The number of nitrogens with zero attached hydrogens (tertiary/aromatic N) is 2. The highest BCUT2D eigenvalue weighted by atomic mass is 127. The minimum atomic E-state index is 0. The Morgan fingerprint density at radius 3 is 2.52 bits per heavy atom. The lowest BCUT2D eigenvalue weighted by atomic mass is 9.96. The minimum absolute atomic E-state index is 0. The predicted molar refractivity (Wildman–Crippen MR) is 118 cm³/mol. The summed E-state index contributed by atoms with van der Waals surface area (Å²) in [4.78, 5) is 6.81. The van der Waals surface area contributed by atoms with E-state index >= 15 is 0 Å². The van der Waals surface area contributed by atoms with Gasteiger partial charge in [0.15, 0.2) is 5.96 Å². The van der Waals surface area contributed by atoms with Crippen molar-refractivity contribution in [3.05, 3.63) is 35.4 Å². The average molecular weight is 486 g/mol. The molecule has 7 heteroatoms. The molecular formula is C20H31IN4O2. The van der Waals surface area contributed by atoms with E-state index in [4.69, 9.17) is 9.47 Å². The highest BCUT2D eigenvalue weighted by Crippen LogP contribution is 2.34. The molecule has 0 amide bonds. The highest BCUT2D eigenvalue weighted by molar-refractivity contribution is 14.0. The molecule has 0 saturated carbocycles. The van der Waals surface area contributed by atoms with Gasteiger partial charge in [-0.05, 0) is 30.4 Å². The van der Waals surface area contributed by atoms with Crippen LogP contribution in [-0.4, -0.2) is 62.5 Å². The molecule has 1 aromatic carbocycles. The smallest absolute Gasteiger partial charge is 0.191 e. The van der Waals surface area contributed by atoms with Crippen LogP contribution in [0, 0.1) is 0 Å². The Morgan fingerprint density at radius 2 is 1.89 bits per heavy atom. The van der Waals surface area contributed by atoms with Crippen molar-refractivity contribution < 1.29 is 9.47 Å². The predicted octanol–water partition coefficient (Wildman–Crippen LogP) is 2.12. The van der Waals surface area contributed by atoms with E-state index in [0.29, 0.717) is 18.2 Å². The van der Waals surface area contributed by atoms with Crippen LogP contribution in [0.1, 0.15) is 30.4 Å². The van der Waals surface area contributed by atoms with Crippen LogP contribution < -0.4 is 10.6 Å². The number of ether oxygens (including phenoxy) is 2. The molecule has 3 aliphatic heterocycles. The fourth-order valence-corrected chi connectivity index (χ4v) is 4.13. The second-order valence-electron chi connectivity index (χ2n) is 7.49. The number of rotatable bonds is 5. The Labute approximate surface area is 179 Å². The van der Waals surface area contributed by atoms with Crippen molar-refractivity contribution in [2.24, 2.45) is 4.99 Å². The molecule has 2 bridgehead atoms. The van der Waals surface area contributed by atoms with E-state index in [9.17, 15) is 0 Å². The summed E-state index contributed by atoms with van der Waals surface area (Å²) < 4.78 is 11.3. The molecule has 3 saturated heterocycles. The number of hydrogen-bond acceptors (Lipinski definition) is 4. The molecule has 4 rings (SSSR count). The molecule has 27 heavy (non-hydrogen) atoms. The fraction of sp³-hybridized carbons (Fsp3) is 0.650. The maximum Gasteiger partial charge on any atom is 0.191 e. The van der Waals surface area contributed by atoms with Gasteiger partial charge in [-0.2, -0.15) is 0 Å². The lowest BCUT2D eigenvalue weighted by Crippen LogP contribution is -2.47. The number of benzene rings is 1. The summed E-state index contributed by atoms with van der Waals surface area (Å²) in [7, 11) is 1.83. The molecule has 0 spiro atoms. The normalized spacial score (nSPS) is 28.0. The van der Waals surface area contributed by atoms with Gasteiger partial charge in [-0.3, -0.25) is 9.89 Å². The van der Waals surface area contributed by atoms with Crippen LogP contribution in [0.5, 0.6) is 0 Å². The van der Waals surface area contributed by atoms with Crippen LogP contribution in [-0.2, 0) is 22.6 Å². The van der Waals surface area contributed by atoms with Crippen molar-refractivity contribution in [3.8, 4) is 0 Å². The van der Waals surface area contributed by atoms with E-state index in [0.717, 1.165) is 51.8 Å². The van der Waals surface area contributed by atoms with Gasteiger partial charge in [0.25, 0.3) is 0 Å². The van der Waals surface area contributed by atoms with E-state index in [1.165, 1.54) is 24.0 Å². The Morgan fingerprint density at radius 1 is 1.15 bits per heavy atom. The summed E-state index contributed by atoms with van der Waals surface area (Å²) in [5.41, 5.74) is 2.63. The molecule has 3 aliphatic rings. The molecule has 0 aromatic heterocycles. The summed E-state index contributed by atoms with van der Waals surface area (Å²) in [5.74, 6) is 0.864. The first-order chi connectivity index (χ1) is 12.8. The number of morpholine rings is 1. The number of halogens is 1. The monoisotopic (exact) mass is 486 g/mol. The second kappa shape index (κ2) is 10.0. The number of hydrogen-bond donors (Lipinski definition) is 2. The van der Waals surface area contributed by atoms with E-state index in [-0.39, 0.29) is 24.0 Å². The minimum Gasteiger partial charge on any atom is -0.379 e. The van der Waals surface area contributed by atoms with Gasteiger partial charge in [0, 0.05) is 33.2 Å². The zero-order valence-electron chi connectivity index (χ0n) is 16.0. The van der Waals surface area contributed by atoms with Crippen LogP contribution in [0.2, 0.25) is 0 Å². The van der Waals surface area contributed by atoms with Gasteiger partial charge >= 0.3 is 0 Å². The summed E-state index contributed by atoms with van der Waals surface area (Å²) >= 11 is 0. The number of guanidine groups is 1. The molecule has 3 heterocycles. The molecule has 3 unspecified atom stereocenters. The zero-order chi connectivity index (χ0) is 17.8. The number of aliphatic imine (C=N–C) groups is 1. The van der Waals surface area contributed by atoms with Gasteiger partial charge in [-0.25, -0.2) is 0 Å². The van der Waals surface area contributed by atoms with Crippen LogP contribution in [0.4, 0.5) is 0 Å². The molecule has 3 fully saturated rings. The molecule has 0 radical (unpaired) electrons. The Hall–Kier alpha value is -0.900. The van der Waals surface area contributed by atoms with Crippen molar-refractivity contribution in [1.82, 2.24) is 15.5 Å². The third-order valence-corrected chi connectivity index (χ3v) is 5.64. The number of fused-ring (bicyclic) bond motifs is 2. The third kappa shape index (κ3) is 5.56. The maximum absolute atomic E-state index is 5.91. The molecule has 6 nitrogen and oxygen atoms in total. The molecule has 0 aliphatic carbocycles. The third-order valence-electron chi connectivity index (χ3n) is 5.64. The van der Waals surface area contributed by atoms with Crippen molar-refractivity contribution in [3.63, 3.8) is 0 Å². The first kappa shape index (κ1) is 20.8. The van der Waals surface area contributed by atoms with Crippen LogP contribution in [0.25, 0.3) is 0 Å². The van der Waals surface area contributed by atoms with Gasteiger partial charge in [0.05, 0.1) is 31.5 Å². The number of nitrogens with one attached hydrogen (secondary N) is 2. The molecule has 3 atom stereocenters. The Bertz CT molecular complexity index is 619. The standard InChI is InChI=1S/C20H30N4O2.HI/c1-21-20(23-18-12-17-6-7-19(18)26-17)22-13-15-2-4-16(5-3-15)14-24-8-10-25-11-9-24;/h2-5,17-19H,6-14H2,1H3,(H2,21,22,23);1H. The van der Waals surface area contributed by atoms with Gasteiger partial charge in [0.1, 0.15) is 0 Å². The van der Waals surface area contributed by atoms with E-state index in [1.807, 2.05) is 7.05 Å². The quantitative estimate of drug-likeness (QED) is 0.380. The van der Waals surface area contributed by atoms with Crippen molar-refractivity contribution >= 4 is 29.9 Å². The maximum atomic E-state index is 5.91. The van der Waals surface area contributed by atoms with Crippen molar-refractivity contribution in [2.45, 2.75) is 50.6 Å². The molecular weight excluding hydrogens is 455 g/mol. The summed E-state index contributed by atoms with van der Waals surface area (Å²) in [6.07, 6.45) is 4.30. The van der Waals surface area contributed by atoms with E-state index < -0.39 is 0 Å². The van der Waals surface area contributed by atoms with Crippen LogP contribution in [0.3, 0.4) is 0 Å². The van der Waals surface area contributed by atoms with Gasteiger partial charge in [0.2, 0.25) is 0 Å². The average Bonchev–Trinajstić information content (AvgIpc) is 3.30. The largest absolute Gasteiger partial charge is 0.379 e. The van der Waals surface area contributed by atoms with Gasteiger partial charge in [-0.1, -0.05) is 24.3 Å². The topological polar surface area (TPSA) is 58.1 Å². The second-order valence-corrected chi connectivity index (χ2v) is 7.49. The van der Waals surface area contributed by atoms with Crippen LogP contribution >= 0.6 is 24.0 Å².